The number of aromatic nitrogens is 5. The molecule has 1 aliphatic heterocycles. The van der Waals surface area contributed by atoms with Crippen LogP contribution in [0.2, 0.25) is 0 Å². The molecule has 10 heteroatoms. The molecule has 0 saturated heterocycles. The third kappa shape index (κ3) is 4.01. The maximum atomic E-state index is 12.9. The van der Waals surface area contributed by atoms with Gasteiger partial charge < -0.3 is 9.88 Å². The van der Waals surface area contributed by atoms with Gasteiger partial charge in [-0.05, 0) is 31.0 Å². The maximum absolute atomic E-state index is 12.9. The summed E-state index contributed by atoms with van der Waals surface area (Å²) >= 11 is 0. The number of alkyl halides is 3. The first-order valence-corrected chi connectivity index (χ1v) is 9.20. The molecule has 1 atom stereocenters. The summed E-state index contributed by atoms with van der Waals surface area (Å²) in [6.07, 6.45) is 0.966. The Morgan fingerprint density at radius 3 is 2.79 bits per heavy atom. The van der Waals surface area contributed by atoms with Gasteiger partial charge in [0.1, 0.15) is 5.82 Å². The molecule has 1 aromatic carbocycles. The number of benzene rings is 1. The van der Waals surface area contributed by atoms with Gasteiger partial charge in [0, 0.05) is 37.8 Å². The molecule has 0 fully saturated rings. The van der Waals surface area contributed by atoms with Crippen molar-refractivity contribution >= 4 is 5.91 Å². The number of nitrogens with one attached hydrogen (secondary N) is 1. The summed E-state index contributed by atoms with van der Waals surface area (Å²) in [6, 6.07) is 4.29. The first-order valence-electron chi connectivity index (χ1n) is 9.20. The van der Waals surface area contributed by atoms with Gasteiger partial charge in [-0.3, -0.25) is 9.48 Å². The van der Waals surface area contributed by atoms with E-state index in [1.54, 1.807) is 10.9 Å². The average molecular weight is 404 g/mol. The van der Waals surface area contributed by atoms with Crippen LogP contribution in [0.4, 0.5) is 13.2 Å². The van der Waals surface area contributed by atoms with Crippen molar-refractivity contribution in [3.05, 3.63) is 53.6 Å². The van der Waals surface area contributed by atoms with Crippen LogP contribution in [-0.4, -0.2) is 36.5 Å². The molecule has 7 nitrogen and oxygen atoms in total. The Morgan fingerprint density at radius 2 is 2.07 bits per heavy atom. The van der Waals surface area contributed by atoms with Crippen LogP contribution in [-0.2, 0) is 26.2 Å². The zero-order chi connectivity index (χ0) is 20.6. The van der Waals surface area contributed by atoms with Gasteiger partial charge in [0.2, 0.25) is 0 Å². The van der Waals surface area contributed by atoms with Crippen LogP contribution in [0.25, 0.3) is 11.4 Å². The monoisotopic (exact) mass is 404 g/mol. The van der Waals surface area contributed by atoms with Gasteiger partial charge >= 0.3 is 6.18 Å². The normalized spacial score (nSPS) is 16.9. The second kappa shape index (κ2) is 7.34. The lowest BCUT2D eigenvalue weighted by Gasteiger charge is -2.17. The Balaban J connectivity index is 1.46. The molecule has 0 aliphatic carbocycles. The number of amides is 1. The molecular weight excluding hydrogens is 385 g/mol. The highest BCUT2D eigenvalue weighted by molar-refractivity contribution is 5.94. The first kappa shape index (κ1) is 19.2. The lowest BCUT2D eigenvalue weighted by molar-refractivity contribution is -0.137. The lowest BCUT2D eigenvalue weighted by atomic mass is 10.1. The van der Waals surface area contributed by atoms with E-state index in [0.717, 1.165) is 29.3 Å². The second-order valence-electron chi connectivity index (χ2n) is 7.07. The molecule has 3 aromatic rings. The van der Waals surface area contributed by atoms with Crippen molar-refractivity contribution in [3.8, 4) is 11.4 Å². The number of nitrogens with zero attached hydrogens (tertiary/aromatic N) is 5. The maximum Gasteiger partial charge on any atom is 0.416 e. The van der Waals surface area contributed by atoms with Crippen molar-refractivity contribution in [1.82, 2.24) is 29.9 Å². The van der Waals surface area contributed by atoms with Gasteiger partial charge in [-0.25, -0.2) is 0 Å². The topological polar surface area (TPSA) is 77.6 Å². The van der Waals surface area contributed by atoms with E-state index in [0.29, 0.717) is 25.8 Å². The number of carbonyl (C=O) groups excluding carboxylic acids is 1. The fraction of sp³-hybridized carbons (Fsp3) is 0.368. The Kier molecular flexibility index (Phi) is 4.85. The number of carbonyl (C=O) groups is 1. The summed E-state index contributed by atoms with van der Waals surface area (Å²) in [5, 5.41) is 15.5. The third-order valence-corrected chi connectivity index (χ3v) is 5.00. The Bertz CT molecular complexity index is 1040. The third-order valence-electron chi connectivity index (χ3n) is 5.00. The zero-order valence-electron chi connectivity index (χ0n) is 15.6. The van der Waals surface area contributed by atoms with E-state index in [1.807, 2.05) is 17.8 Å². The van der Waals surface area contributed by atoms with Crippen molar-refractivity contribution < 1.29 is 18.0 Å². The van der Waals surface area contributed by atoms with Crippen molar-refractivity contribution in [2.75, 3.05) is 0 Å². The second-order valence-corrected chi connectivity index (χ2v) is 7.07. The fourth-order valence-electron chi connectivity index (χ4n) is 3.49. The highest BCUT2D eigenvalue weighted by atomic mass is 19.4. The molecule has 0 saturated carbocycles. The largest absolute Gasteiger partial charge is 0.416 e. The number of rotatable bonds is 3. The SMILES string of the molecule is Cn1cc(-c2nnc3n2CCC(NC(=O)c2cccc(C(F)(F)F)c2)CC3)cn1. The van der Waals surface area contributed by atoms with Crippen LogP contribution in [0.15, 0.2) is 36.7 Å². The van der Waals surface area contributed by atoms with Crippen LogP contribution in [0, 0.1) is 0 Å². The molecule has 29 heavy (non-hydrogen) atoms. The summed E-state index contributed by atoms with van der Waals surface area (Å²) in [4.78, 5) is 12.5. The van der Waals surface area contributed by atoms with Gasteiger partial charge in [0.05, 0.1) is 17.3 Å². The smallest absolute Gasteiger partial charge is 0.349 e. The lowest BCUT2D eigenvalue weighted by Crippen LogP contribution is -2.35. The van der Waals surface area contributed by atoms with Crippen LogP contribution >= 0.6 is 0 Å². The van der Waals surface area contributed by atoms with E-state index in [4.69, 9.17) is 0 Å². The van der Waals surface area contributed by atoms with Crippen LogP contribution in [0.1, 0.15) is 34.6 Å². The van der Waals surface area contributed by atoms with E-state index in [9.17, 15) is 18.0 Å². The van der Waals surface area contributed by atoms with E-state index in [2.05, 4.69) is 20.6 Å². The van der Waals surface area contributed by atoms with Crippen molar-refractivity contribution in [2.45, 2.75) is 38.0 Å². The molecule has 0 spiro atoms. The van der Waals surface area contributed by atoms with E-state index >= 15 is 0 Å². The van der Waals surface area contributed by atoms with E-state index in [1.165, 1.54) is 12.1 Å². The molecule has 152 valence electrons. The van der Waals surface area contributed by atoms with Gasteiger partial charge in [0.15, 0.2) is 5.82 Å². The van der Waals surface area contributed by atoms with Crippen molar-refractivity contribution in [3.63, 3.8) is 0 Å². The summed E-state index contributed by atoms with van der Waals surface area (Å²) in [6.45, 7) is 0.597. The molecular formula is C19H19F3N6O. The zero-order valence-corrected chi connectivity index (χ0v) is 15.6. The number of halogens is 3. The molecule has 1 unspecified atom stereocenters. The van der Waals surface area contributed by atoms with E-state index in [-0.39, 0.29) is 11.6 Å². The van der Waals surface area contributed by atoms with Crippen LogP contribution in [0.5, 0.6) is 0 Å². The molecule has 0 bridgehead atoms. The quantitative estimate of drug-likeness (QED) is 0.728. The first-order chi connectivity index (χ1) is 13.8. The number of aryl methyl sites for hydroxylation is 2. The molecule has 4 rings (SSSR count). The molecule has 2 aromatic heterocycles. The Morgan fingerprint density at radius 1 is 1.24 bits per heavy atom. The molecule has 3 heterocycles. The number of hydrogen-bond acceptors (Lipinski definition) is 4. The van der Waals surface area contributed by atoms with Gasteiger partial charge in [0.25, 0.3) is 5.91 Å². The molecule has 1 N–H and O–H groups in total. The summed E-state index contributed by atoms with van der Waals surface area (Å²) in [7, 11) is 1.82. The highest BCUT2D eigenvalue weighted by Gasteiger charge is 2.31. The van der Waals surface area contributed by atoms with E-state index < -0.39 is 17.6 Å². The standard InChI is InChI=1S/C19H19F3N6O/c1-27-11-13(10-23-27)17-26-25-16-6-5-15(7-8-28(16)17)24-18(29)12-3-2-4-14(9-12)19(20,21)22/h2-4,9-11,15H,5-8H2,1H3,(H,24,29). The number of hydrogen-bond donors (Lipinski definition) is 1. The minimum Gasteiger partial charge on any atom is -0.349 e. The highest BCUT2D eigenvalue weighted by Crippen LogP contribution is 2.29. The van der Waals surface area contributed by atoms with Gasteiger partial charge in [-0.1, -0.05) is 6.07 Å². The molecule has 1 amide bonds. The predicted octanol–water partition coefficient (Wildman–Crippen LogP) is 2.83. The Hall–Kier alpha value is -3.17. The summed E-state index contributed by atoms with van der Waals surface area (Å²) in [5.41, 5.74) is 0.0237. The fourth-order valence-corrected chi connectivity index (χ4v) is 3.49. The van der Waals surface area contributed by atoms with Crippen LogP contribution in [0.3, 0.4) is 0 Å². The number of fused-ring (bicyclic) bond motifs is 1. The molecule has 0 radical (unpaired) electrons. The van der Waals surface area contributed by atoms with Gasteiger partial charge in [-0.2, -0.15) is 18.3 Å². The van der Waals surface area contributed by atoms with Crippen molar-refractivity contribution in [2.24, 2.45) is 7.05 Å². The Labute approximate surface area is 164 Å². The average Bonchev–Trinajstić information content (AvgIpc) is 3.23. The minimum absolute atomic E-state index is 0.000441. The van der Waals surface area contributed by atoms with Crippen molar-refractivity contribution in [1.29, 1.82) is 0 Å². The minimum atomic E-state index is -4.48. The predicted molar refractivity (Wildman–Crippen MR) is 97.9 cm³/mol. The molecule has 1 aliphatic rings. The van der Waals surface area contributed by atoms with Crippen LogP contribution < -0.4 is 5.32 Å². The summed E-state index contributed by atoms with van der Waals surface area (Å²) < 4.78 is 42.4. The van der Waals surface area contributed by atoms with Gasteiger partial charge in [-0.15, -0.1) is 10.2 Å². The summed E-state index contributed by atoms with van der Waals surface area (Å²) in [5.74, 6) is 1.03.